The minimum atomic E-state index is -1.43. The first-order chi connectivity index (χ1) is 13.4. The fraction of sp³-hybridized carbons (Fsp3) is 0.0526. The quantitative estimate of drug-likeness (QED) is 0.296. The lowest BCUT2D eigenvalue weighted by atomic mass is 10.1. The van der Waals surface area contributed by atoms with E-state index in [-0.39, 0.29) is 11.6 Å². The second kappa shape index (κ2) is 6.54. The predicted octanol–water partition coefficient (Wildman–Crippen LogP) is 4.78. The minimum absolute atomic E-state index is 0.0163. The third-order valence-corrected chi connectivity index (χ3v) is 4.27. The molecule has 9 heteroatoms. The molecule has 0 aliphatic heterocycles. The molecule has 4 aromatic rings. The van der Waals surface area contributed by atoms with Crippen LogP contribution >= 0.6 is 0 Å². The molecule has 28 heavy (non-hydrogen) atoms. The number of fused-ring (bicyclic) bond motifs is 3. The van der Waals surface area contributed by atoms with Gasteiger partial charge in [-0.1, -0.05) is 0 Å². The highest BCUT2D eigenvalue weighted by molar-refractivity contribution is 6.09. The number of carbonyl (C=O) groups is 1. The van der Waals surface area contributed by atoms with Crippen LogP contribution in [-0.4, -0.2) is 26.2 Å². The topological polar surface area (TPSA) is 128 Å². The molecular formula is C19H13N3O6. The molecule has 0 fully saturated rings. The first kappa shape index (κ1) is 17.3. The standard InChI is InChI=1S/C19H13N3O6/c1-10-17-14-8-13(27-12-4-2-11(3-5-12)22(25)26)6-7-15(14)21-16(17)9-20-18(10)28-19(23)24/h2-9,21H,1H3,(H,23,24). The summed E-state index contributed by atoms with van der Waals surface area (Å²) in [6, 6.07) is 11.2. The van der Waals surface area contributed by atoms with E-state index in [2.05, 4.69) is 9.97 Å². The Hall–Kier alpha value is -4.14. The van der Waals surface area contributed by atoms with Gasteiger partial charge in [-0.15, -0.1) is 0 Å². The van der Waals surface area contributed by atoms with Gasteiger partial charge in [0.1, 0.15) is 11.5 Å². The van der Waals surface area contributed by atoms with Crippen molar-refractivity contribution in [3.63, 3.8) is 0 Å². The Morgan fingerprint density at radius 1 is 1.14 bits per heavy atom. The first-order valence-corrected chi connectivity index (χ1v) is 8.16. The number of ether oxygens (including phenoxy) is 2. The zero-order chi connectivity index (χ0) is 19.8. The monoisotopic (exact) mass is 379 g/mol. The lowest BCUT2D eigenvalue weighted by Crippen LogP contribution is -2.05. The first-order valence-electron chi connectivity index (χ1n) is 8.16. The van der Waals surface area contributed by atoms with Crippen molar-refractivity contribution in [1.29, 1.82) is 0 Å². The Bertz CT molecular complexity index is 1230. The molecule has 0 unspecified atom stereocenters. The summed E-state index contributed by atoms with van der Waals surface area (Å²) in [4.78, 5) is 28.4. The Morgan fingerprint density at radius 2 is 1.86 bits per heavy atom. The number of nitro benzene ring substituents is 1. The zero-order valence-corrected chi connectivity index (χ0v) is 14.5. The summed E-state index contributed by atoms with van der Waals surface area (Å²) in [5, 5.41) is 21.2. The smallest absolute Gasteiger partial charge is 0.457 e. The summed E-state index contributed by atoms with van der Waals surface area (Å²) >= 11 is 0. The molecule has 2 N–H and O–H groups in total. The summed E-state index contributed by atoms with van der Waals surface area (Å²) in [7, 11) is 0. The van der Waals surface area contributed by atoms with Crippen molar-refractivity contribution in [3.05, 3.63) is 64.3 Å². The van der Waals surface area contributed by atoms with Crippen LogP contribution in [0.4, 0.5) is 10.5 Å². The number of carboxylic acid groups (broad SMARTS) is 1. The summed E-state index contributed by atoms with van der Waals surface area (Å²) in [5.41, 5.74) is 2.12. The number of hydrogen-bond acceptors (Lipinski definition) is 6. The van der Waals surface area contributed by atoms with Crippen molar-refractivity contribution >= 4 is 33.6 Å². The van der Waals surface area contributed by atoms with E-state index >= 15 is 0 Å². The second-order valence-electron chi connectivity index (χ2n) is 6.03. The van der Waals surface area contributed by atoms with Gasteiger partial charge in [0.2, 0.25) is 5.88 Å². The summed E-state index contributed by atoms with van der Waals surface area (Å²) in [6.45, 7) is 1.73. The molecule has 2 heterocycles. The summed E-state index contributed by atoms with van der Waals surface area (Å²) in [6.07, 6.45) is 0.0780. The number of aromatic nitrogens is 2. The predicted molar refractivity (Wildman–Crippen MR) is 100 cm³/mol. The van der Waals surface area contributed by atoms with Gasteiger partial charge in [0.15, 0.2) is 0 Å². The molecule has 4 rings (SSSR count). The van der Waals surface area contributed by atoms with E-state index in [1.807, 2.05) is 6.07 Å². The van der Waals surface area contributed by atoms with Gasteiger partial charge in [0.25, 0.3) is 5.69 Å². The number of nitrogens with one attached hydrogen (secondary N) is 1. The lowest BCUT2D eigenvalue weighted by molar-refractivity contribution is -0.384. The Kier molecular flexibility index (Phi) is 4.04. The Morgan fingerprint density at radius 3 is 2.54 bits per heavy atom. The molecule has 0 saturated heterocycles. The van der Waals surface area contributed by atoms with Crippen LogP contribution in [0.1, 0.15) is 5.56 Å². The number of nitro groups is 1. The average molecular weight is 379 g/mol. The van der Waals surface area contributed by atoms with Crippen LogP contribution in [-0.2, 0) is 0 Å². The molecule has 9 nitrogen and oxygen atoms in total. The molecule has 0 bridgehead atoms. The van der Waals surface area contributed by atoms with Crippen LogP contribution in [0.2, 0.25) is 0 Å². The zero-order valence-electron chi connectivity index (χ0n) is 14.5. The van der Waals surface area contributed by atoms with Crippen LogP contribution in [0, 0.1) is 17.0 Å². The number of pyridine rings is 1. The lowest BCUT2D eigenvalue weighted by Gasteiger charge is -2.07. The van der Waals surface area contributed by atoms with Crippen molar-refractivity contribution in [2.75, 3.05) is 0 Å². The van der Waals surface area contributed by atoms with Crippen molar-refractivity contribution in [2.24, 2.45) is 0 Å². The van der Waals surface area contributed by atoms with Crippen LogP contribution in [0.3, 0.4) is 0 Å². The third-order valence-electron chi connectivity index (χ3n) is 4.27. The molecule has 2 aromatic carbocycles. The van der Waals surface area contributed by atoms with E-state index in [1.165, 1.54) is 30.5 Å². The molecule has 0 aliphatic carbocycles. The molecule has 0 radical (unpaired) electrons. The van der Waals surface area contributed by atoms with Crippen LogP contribution < -0.4 is 9.47 Å². The molecule has 0 saturated carbocycles. The number of hydrogen-bond donors (Lipinski definition) is 2. The molecule has 140 valence electrons. The van der Waals surface area contributed by atoms with E-state index in [0.717, 1.165) is 21.8 Å². The summed E-state index contributed by atoms with van der Waals surface area (Å²) < 4.78 is 10.5. The SMILES string of the molecule is Cc1c(OC(=O)O)ncc2[nH]c3ccc(Oc4ccc([N+](=O)[O-])cc4)cc3c12. The molecule has 2 aromatic heterocycles. The van der Waals surface area contributed by atoms with Gasteiger partial charge in [-0.2, -0.15) is 0 Å². The number of benzene rings is 2. The van der Waals surface area contributed by atoms with E-state index in [1.54, 1.807) is 19.1 Å². The molecule has 0 amide bonds. The number of H-pyrrole nitrogens is 1. The van der Waals surface area contributed by atoms with Gasteiger partial charge in [-0.05, 0) is 37.3 Å². The van der Waals surface area contributed by atoms with Gasteiger partial charge < -0.3 is 19.6 Å². The van der Waals surface area contributed by atoms with Gasteiger partial charge >= 0.3 is 6.16 Å². The van der Waals surface area contributed by atoms with Gasteiger partial charge in [-0.25, -0.2) is 9.78 Å². The highest BCUT2D eigenvalue weighted by Crippen LogP contribution is 2.35. The maximum absolute atomic E-state index is 10.9. The Balaban J connectivity index is 1.75. The molecule has 0 atom stereocenters. The maximum Gasteiger partial charge on any atom is 0.512 e. The average Bonchev–Trinajstić information content (AvgIpc) is 3.03. The van der Waals surface area contributed by atoms with Crippen LogP contribution in [0.25, 0.3) is 21.8 Å². The number of aryl methyl sites for hydroxylation is 1. The van der Waals surface area contributed by atoms with Crippen molar-refractivity contribution in [3.8, 4) is 17.4 Å². The number of rotatable bonds is 4. The minimum Gasteiger partial charge on any atom is -0.457 e. The van der Waals surface area contributed by atoms with E-state index in [0.29, 0.717) is 17.1 Å². The fourth-order valence-electron chi connectivity index (χ4n) is 3.04. The van der Waals surface area contributed by atoms with Gasteiger partial charge in [0, 0.05) is 34.0 Å². The van der Waals surface area contributed by atoms with E-state index in [4.69, 9.17) is 14.6 Å². The third kappa shape index (κ3) is 3.05. The van der Waals surface area contributed by atoms with Crippen molar-refractivity contribution in [1.82, 2.24) is 9.97 Å². The van der Waals surface area contributed by atoms with Crippen LogP contribution in [0.15, 0.2) is 48.7 Å². The van der Waals surface area contributed by atoms with E-state index < -0.39 is 11.1 Å². The molecule has 0 aliphatic rings. The van der Waals surface area contributed by atoms with E-state index in [9.17, 15) is 14.9 Å². The second-order valence-corrected chi connectivity index (χ2v) is 6.03. The van der Waals surface area contributed by atoms with Gasteiger partial charge in [0.05, 0.1) is 16.6 Å². The number of nitrogens with zero attached hydrogens (tertiary/aromatic N) is 2. The normalized spacial score (nSPS) is 10.9. The largest absolute Gasteiger partial charge is 0.512 e. The maximum atomic E-state index is 10.9. The molecule has 0 spiro atoms. The summed E-state index contributed by atoms with van der Waals surface area (Å²) in [5.74, 6) is 1.000. The Labute approximate surface area is 157 Å². The van der Waals surface area contributed by atoms with Gasteiger partial charge in [-0.3, -0.25) is 10.1 Å². The number of non-ortho nitro benzene ring substituents is 1. The van der Waals surface area contributed by atoms with Crippen molar-refractivity contribution < 1.29 is 24.3 Å². The fourth-order valence-corrected chi connectivity index (χ4v) is 3.04. The molecular weight excluding hydrogens is 366 g/mol. The number of aromatic amines is 1. The highest BCUT2D eigenvalue weighted by Gasteiger charge is 2.15. The highest BCUT2D eigenvalue weighted by atomic mass is 16.7. The van der Waals surface area contributed by atoms with Crippen molar-refractivity contribution in [2.45, 2.75) is 6.92 Å². The van der Waals surface area contributed by atoms with Crippen LogP contribution in [0.5, 0.6) is 17.4 Å².